The number of carbonyl (C=O) groups is 2. The summed E-state index contributed by atoms with van der Waals surface area (Å²) in [4.78, 5) is 24.2. The first-order valence-electron chi connectivity index (χ1n) is 8.36. The van der Waals surface area contributed by atoms with E-state index in [1.165, 1.54) is 12.5 Å². The van der Waals surface area contributed by atoms with Gasteiger partial charge < -0.3 is 4.74 Å². The number of aryl methyl sites for hydroxylation is 1. The van der Waals surface area contributed by atoms with Crippen LogP contribution in [0.2, 0.25) is 0 Å². The molecule has 8 heteroatoms. The number of thioether (sulfide) groups is 1. The van der Waals surface area contributed by atoms with Crippen LogP contribution in [0.5, 0.6) is 5.75 Å². The van der Waals surface area contributed by atoms with Crippen molar-refractivity contribution < 1.29 is 14.3 Å². The zero-order valence-corrected chi connectivity index (χ0v) is 18.4. The van der Waals surface area contributed by atoms with E-state index in [4.69, 9.17) is 17.0 Å². The highest BCUT2D eigenvalue weighted by Crippen LogP contribution is 2.34. The van der Waals surface area contributed by atoms with Gasteiger partial charge in [-0.25, -0.2) is 0 Å². The van der Waals surface area contributed by atoms with Crippen LogP contribution in [0, 0.1) is 6.92 Å². The van der Waals surface area contributed by atoms with E-state index in [1.807, 2.05) is 49.4 Å². The van der Waals surface area contributed by atoms with Gasteiger partial charge in [-0.15, -0.1) is 0 Å². The fourth-order valence-corrected chi connectivity index (χ4v) is 4.02. The van der Waals surface area contributed by atoms with Gasteiger partial charge in [-0.3, -0.25) is 15.0 Å². The van der Waals surface area contributed by atoms with Crippen molar-refractivity contribution in [3.05, 3.63) is 68.5 Å². The summed E-state index contributed by atoms with van der Waals surface area (Å²) in [7, 11) is 0. The van der Waals surface area contributed by atoms with Crippen LogP contribution in [-0.2, 0) is 16.2 Å². The summed E-state index contributed by atoms with van der Waals surface area (Å²) in [5.41, 5.74) is 5.42. The van der Waals surface area contributed by atoms with Crippen molar-refractivity contribution in [2.45, 2.75) is 20.5 Å². The molecule has 2 aromatic carbocycles. The van der Waals surface area contributed by atoms with Crippen LogP contribution in [0.3, 0.4) is 0 Å². The van der Waals surface area contributed by atoms with Gasteiger partial charge in [0, 0.05) is 17.0 Å². The third kappa shape index (κ3) is 5.01. The maximum atomic E-state index is 12.5. The minimum atomic E-state index is -0.366. The molecule has 5 nitrogen and oxygen atoms in total. The number of hydrazine groups is 1. The second-order valence-corrected chi connectivity index (χ2v) is 8.73. The SMILES string of the molecule is CC(=O)NN1C(=O)C(=Cc2cc(Br)ccc2OCc2ccc(C)cc2)SC1=S. The molecule has 0 bridgehead atoms. The molecule has 0 aromatic heterocycles. The first kappa shape index (κ1) is 20.6. The van der Waals surface area contributed by atoms with Crippen LogP contribution in [0.1, 0.15) is 23.6 Å². The Balaban J connectivity index is 1.83. The van der Waals surface area contributed by atoms with Crippen LogP contribution in [0.15, 0.2) is 51.8 Å². The van der Waals surface area contributed by atoms with Gasteiger partial charge in [0.05, 0.1) is 4.91 Å². The highest BCUT2D eigenvalue weighted by atomic mass is 79.9. The lowest BCUT2D eigenvalue weighted by Crippen LogP contribution is -2.43. The van der Waals surface area contributed by atoms with Gasteiger partial charge in [0.2, 0.25) is 5.91 Å². The summed E-state index contributed by atoms with van der Waals surface area (Å²) in [5, 5.41) is 1.08. The van der Waals surface area contributed by atoms with Gasteiger partial charge in [-0.05, 0) is 49.0 Å². The van der Waals surface area contributed by atoms with E-state index in [0.29, 0.717) is 17.3 Å². The van der Waals surface area contributed by atoms with Gasteiger partial charge in [0.25, 0.3) is 5.91 Å². The number of nitrogens with zero attached hydrogens (tertiary/aromatic N) is 1. The topological polar surface area (TPSA) is 58.6 Å². The van der Waals surface area contributed by atoms with Crippen LogP contribution in [0.4, 0.5) is 0 Å². The zero-order valence-electron chi connectivity index (χ0n) is 15.2. The second-order valence-electron chi connectivity index (χ2n) is 6.14. The average Bonchev–Trinajstić information content (AvgIpc) is 2.89. The molecule has 0 unspecified atom stereocenters. The standard InChI is InChI=1S/C20H17BrN2O3S2/c1-12-3-5-14(6-4-12)11-26-17-8-7-16(21)9-15(17)10-18-19(25)23(20(27)28-18)22-13(2)24/h3-10H,11H2,1-2H3,(H,22,24). The number of hydrogen-bond donors (Lipinski definition) is 1. The summed E-state index contributed by atoms with van der Waals surface area (Å²) in [6, 6.07) is 13.7. The minimum Gasteiger partial charge on any atom is -0.488 e. The molecule has 1 aliphatic heterocycles. The minimum absolute atomic E-state index is 0.281. The van der Waals surface area contributed by atoms with Crippen molar-refractivity contribution in [1.82, 2.24) is 10.4 Å². The van der Waals surface area contributed by atoms with Crippen LogP contribution in [0.25, 0.3) is 6.08 Å². The van der Waals surface area contributed by atoms with Crippen molar-refractivity contribution >= 4 is 62.1 Å². The third-order valence-electron chi connectivity index (χ3n) is 3.84. The molecular formula is C20H17BrN2O3S2. The predicted molar refractivity (Wildman–Crippen MR) is 118 cm³/mol. The lowest BCUT2D eigenvalue weighted by atomic mass is 10.1. The number of carbonyl (C=O) groups excluding carboxylic acids is 2. The Kier molecular flexibility index (Phi) is 6.53. The summed E-state index contributed by atoms with van der Waals surface area (Å²) in [5.74, 6) is -0.0784. The number of halogens is 1. The Morgan fingerprint density at radius 2 is 2.00 bits per heavy atom. The lowest BCUT2D eigenvalue weighted by Gasteiger charge is -2.13. The molecule has 1 heterocycles. The fourth-order valence-electron chi connectivity index (χ4n) is 2.47. The molecule has 0 spiro atoms. The normalized spacial score (nSPS) is 15.2. The van der Waals surface area contributed by atoms with Gasteiger partial charge in [-0.2, -0.15) is 5.01 Å². The summed E-state index contributed by atoms with van der Waals surface area (Å²) in [6.07, 6.45) is 1.72. The van der Waals surface area contributed by atoms with Crippen LogP contribution >= 0.6 is 39.9 Å². The highest BCUT2D eigenvalue weighted by Gasteiger charge is 2.33. The first-order valence-corrected chi connectivity index (χ1v) is 10.4. The predicted octanol–water partition coefficient (Wildman–Crippen LogP) is 4.59. The van der Waals surface area contributed by atoms with Crippen molar-refractivity contribution in [2.24, 2.45) is 0 Å². The Bertz CT molecular complexity index is 974. The molecule has 28 heavy (non-hydrogen) atoms. The fraction of sp³-hybridized carbons (Fsp3) is 0.150. The molecule has 1 saturated heterocycles. The molecule has 144 valence electrons. The monoisotopic (exact) mass is 476 g/mol. The Hall–Kier alpha value is -2.16. The molecule has 2 amide bonds. The van der Waals surface area contributed by atoms with E-state index in [0.717, 1.165) is 32.4 Å². The molecule has 0 aliphatic carbocycles. The maximum absolute atomic E-state index is 12.5. The van der Waals surface area contributed by atoms with Crippen molar-refractivity contribution in [3.8, 4) is 5.75 Å². The largest absolute Gasteiger partial charge is 0.488 e. The van der Waals surface area contributed by atoms with Gasteiger partial charge in [-0.1, -0.05) is 57.5 Å². The van der Waals surface area contributed by atoms with E-state index < -0.39 is 0 Å². The lowest BCUT2D eigenvalue weighted by molar-refractivity contribution is -0.131. The number of nitrogens with one attached hydrogen (secondary N) is 1. The number of rotatable bonds is 5. The summed E-state index contributed by atoms with van der Waals surface area (Å²) in [6.45, 7) is 3.78. The Labute approximate surface area is 181 Å². The second kappa shape index (κ2) is 8.89. The number of amides is 2. The molecule has 0 saturated carbocycles. The number of ether oxygens (including phenoxy) is 1. The van der Waals surface area contributed by atoms with Gasteiger partial charge in [0.15, 0.2) is 4.32 Å². The average molecular weight is 477 g/mol. The molecule has 2 aromatic rings. The van der Waals surface area contributed by atoms with E-state index in [-0.39, 0.29) is 16.1 Å². The molecule has 1 aliphatic rings. The van der Waals surface area contributed by atoms with Gasteiger partial charge in [0.1, 0.15) is 12.4 Å². The highest BCUT2D eigenvalue weighted by molar-refractivity contribution is 9.10. The number of thiocarbonyl (C=S) groups is 1. The van der Waals surface area contributed by atoms with Crippen molar-refractivity contribution in [2.75, 3.05) is 0 Å². The van der Waals surface area contributed by atoms with E-state index >= 15 is 0 Å². The molecule has 0 radical (unpaired) electrons. The van der Waals surface area contributed by atoms with Crippen LogP contribution in [-0.4, -0.2) is 21.1 Å². The summed E-state index contributed by atoms with van der Waals surface area (Å²) < 4.78 is 7.12. The van der Waals surface area contributed by atoms with E-state index in [9.17, 15) is 9.59 Å². The Morgan fingerprint density at radius 3 is 2.68 bits per heavy atom. The third-order valence-corrected chi connectivity index (χ3v) is 5.63. The maximum Gasteiger partial charge on any atom is 0.285 e. The van der Waals surface area contributed by atoms with Crippen LogP contribution < -0.4 is 10.2 Å². The van der Waals surface area contributed by atoms with E-state index in [2.05, 4.69) is 21.4 Å². The summed E-state index contributed by atoms with van der Waals surface area (Å²) >= 11 is 9.77. The number of benzene rings is 2. The molecule has 3 rings (SSSR count). The molecule has 1 fully saturated rings. The smallest absolute Gasteiger partial charge is 0.285 e. The van der Waals surface area contributed by atoms with E-state index in [1.54, 1.807) is 6.08 Å². The molecule has 0 atom stereocenters. The van der Waals surface area contributed by atoms with Crippen molar-refractivity contribution in [3.63, 3.8) is 0 Å². The Morgan fingerprint density at radius 1 is 1.29 bits per heavy atom. The quantitative estimate of drug-likeness (QED) is 0.505. The zero-order chi connectivity index (χ0) is 20.3. The number of hydrogen-bond acceptors (Lipinski definition) is 5. The molecular weight excluding hydrogens is 460 g/mol. The van der Waals surface area contributed by atoms with Crippen molar-refractivity contribution in [1.29, 1.82) is 0 Å². The first-order chi connectivity index (χ1) is 13.3. The molecule has 1 N–H and O–H groups in total. The van der Waals surface area contributed by atoms with Gasteiger partial charge >= 0.3 is 0 Å².